The maximum absolute atomic E-state index is 11.8. The molecule has 2 N–H and O–H groups in total. The predicted octanol–water partition coefficient (Wildman–Crippen LogP) is 3.94. The van der Waals surface area contributed by atoms with Crippen LogP contribution in [0.5, 0.6) is 0 Å². The van der Waals surface area contributed by atoms with E-state index >= 15 is 0 Å². The monoisotopic (exact) mass is 294 g/mol. The Balaban J connectivity index is 2.11. The average Bonchev–Trinajstić information content (AvgIpc) is 2.39. The lowest BCUT2D eigenvalue weighted by molar-refractivity contribution is 0.0963. The van der Waals surface area contributed by atoms with E-state index in [9.17, 15) is 4.79 Å². The van der Waals surface area contributed by atoms with Gasteiger partial charge in [-0.1, -0.05) is 25.4 Å². The third-order valence-electron chi connectivity index (χ3n) is 3.99. The molecule has 0 radical (unpaired) electrons. The van der Waals surface area contributed by atoms with Crippen LogP contribution in [0, 0.1) is 11.8 Å². The lowest BCUT2D eigenvalue weighted by Gasteiger charge is -2.32. The number of carbonyl (C=O) groups is 1. The second-order valence-electron chi connectivity index (χ2n) is 6.03. The van der Waals surface area contributed by atoms with E-state index < -0.39 is 0 Å². The average molecular weight is 295 g/mol. The van der Waals surface area contributed by atoms with Gasteiger partial charge in [0.25, 0.3) is 5.91 Å². The van der Waals surface area contributed by atoms with Crippen molar-refractivity contribution in [3.05, 3.63) is 28.8 Å². The minimum Gasteiger partial charge on any atom is -0.382 e. The second-order valence-corrected chi connectivity index (χ2v) is 6.44. The summed E-state index contributed by atoms with van der Waals surface area (Å²) in [4.78, 5) is 11.8. The summed E-state index contributed by atoms with van der Waals surface area (Å²) in [5, 5.41) is 6.65. The van der Waals surface area contributed by atoms with E-state index in [4.69, 9.17) is 11.6 Å². The van der Waals surface area contributed by atoms with Crippen molar-refractivity contribution in [3.63, 3.8) is 0 Å². The fourth-order valence-corrected chi connectivity index (χ4v) is 3.43. The topological polar surface area (TPSA) is 41.1 Å². The molecule has 1 fully saturated rings. The summed E-state index contributed by atoms with van der Waals surface area (Å²) in [5.41, 5.74) is 1.50. The Morgan fingerprint density at radius 3 is 2.45 bits per heavy atom. The molecule has 2 unspecified atom stereocenters. The Hall–Kier alpha value is -1.22. The Labute approximate surface area is 126 Å². The van der Waals surface area contributed by atoms with Gasteiger partial charge in [-0.2, -0.15) is 0 Å². The first-order valence-electron chi connectivity index (χ1n) is 7.27. The SMILES string of the molecule is CNC(=O)c1cc(NC2CC(C)CC(C)C2)ccc1Cl. The van der Waals surface area contributed by atoms with E-state index in [1.807, 2.05) is 12.1 Å². The molecule has 0 aromatic heterocycles. The van der Waals surface area contributed by atoms with Crippen LogP contribution in [0.4, 0.5) is 5.69 Å². The molecule has 0 spiro atoms. The number of nitrogens with one attached hydrogen (secondary N) is 2. The van der Waals surface area contributed by atoms with Crippen LogP contribution in [0.25, 0.3) is 0 Å². The van der Waals surface area contributed by atoms with Gasteiger partial charge in [-0.15, -0.1) is 0 Å². The van der Waals surface area contributed by atoms with Crippen LogP contribution in [0.15, 0.2) is 18.2 Å². The predicted molar refractivity (Wildman–Crippen MR) is 84.4 cm³/mol. The summed E-state index contributed by atoms with van der Waals surface area (Å²) in [6.45, 7) is 4.62. The largest absolute Gasteiger partial charge is 0.382 e. The van der Waals surface area contributed by atoms with Crippen LogP contribution in [0.2, 0.25) is 5.02 Å². The minimum absolute atomic E-state index is 0.149. The van der Waals surface area contributed by atoms with Gasteiger partial charge in [-0.3, -0.25) is 4.79 Å². The molecule has 1 amide bonds. The van der Waals surface area contributed by atoms with Crippen molar-refractivity contribution in [3.8, 4) is 0 Å². The summed E-state index contributed by atoms with van der Waals surface area (Å²) >= 11 is 6.07. The van der Waals surface area contributed by atoms with E-state index in [-0.39, 0.29) is 5.91 Å². The van der Waals surface area contributed by atoms with Crippen molar-refractivity contribution in [2.75, 3.05) is 12.4 Å². The summed E-state index contributed by atoms with van der Waals surface area (Å²) in [6, 6.07) is 6.04. The third-order valence-corrected chi connectivity index (χ3v) is 4.32. The molecular formula is C16H23ClN2O. The molecular weight excluding hydrogens is 272 g/mol. The van der Waals surface area contributed by atoms with E-state index in [0.29, 0.717) is 16.6 Å². The highest BCUT2D eigenvalue weighted by Crippen LogP contribution is 2.31. The first kappa shape index (κ1) is 15.2. The van der Waals surface area contributed by atoms with Crippen molar-refractivity contribution in [2.24, 2.45) is 11.8 Å². The maximum Gasteiger partial charge on any atom is 0.252 e. The van der Waals surface area contributed by atoms with Gasteiger partial charge in [0.2, 0.25) is 0 Å². The molecule has 0 saturated heterocycles. The molecule has 1 saturated carbocycles. The molecule has 0 aliphatic heterocycles. The van der Waals surface area contributed by atoms with Gasteiger partial charge < -0.3 is 10.6 Å². The molecule has 1 aliphatic carbocycles. The molecule has 1 aromatic carbocycles. The Morgan fingerprint density at radius 1 is 1.20 bits per heavy atom. The number of benzene rings is 1. The Bertz CT molecular complexity index is 479. The summed E-state index contributed by atoms with van der Waals surface area (Å²) in [6.07, 6.45) is 3.67. The number of hydrogen-bond donors (Lipinski definition) is 2. The van der Waals surface area contributed by atoms with Crippen molar-refractivity contribution in [1.82, 2.24) is 5.32 Å². The number of rotatable bonds is 3. The highest BCUT2D eigenvalue weighted by molar-refractivity contribution is 6.34. The Kier molecular flexibility index (Phi) is 4.92. The number of hydrogen-bond acceptors (Lipinski definition) is 2. The fourth-order valence-electron chi connectivity index (χ4n) is 3.22. The standard InChI is InChI=1S/C16H23ClN2O/c1-10-6-11(2)8-13(7-10)19-12-4-5-15(17)14(9-12)16(20)18-3/h4-5,9-11,13,19H,6-8H2,1-3H3,(H,18,20). The van der Waals surface area contributed by atoms with Crippen molar-refractivity contribution >= 4 is 23.2 Å². The van der Waals surface area contributed by atoms with Gasteiger partial charge in [0.1, 0.15) is 0 Å². The Morgan fingerprint density at radius 2 is 1.85 bits per heavy atom. The fraction of sp³-hybridized carbons (Fsp3) is 0.562. The molecule has 2 atom stereocenters. The lowest BCUT2D eigenvalue weighted by atomic mass is 9.80. The zero-order chi connectivity index (χ0) is 14.7. The van der Waals surface area contributed by atoms with E-state index in [1.54, 1.807) is 13.1 Å². The maximum atomic E-state index is 11.8. The number of carbonyl (C=O) groups excluding carboxylic acids is 1. The molecule has 110 valence electrons. The number of anilines is 1. The van der Waals surface area contributed by atoms with Crippen molar-refractivity contribution in [1.29, 1.82) is 0 Å². The van der Waals surface area contributed by atoms with E-state index in [1.165, 1.54) is 19.3 Å². The summed E-state index contributed by atoms with van der Waals surface area (Å²) in [5.74, 6) is 1.35. The number of halogens is 1. The second kappa shape index (κ2) is 6.49. The van der Waals surface area contributed by atoms with Gasteiger partial charge in [0, 0.05) is 18.8 Å². The lowest BCUT2D eigenvalue weighted by Crippen LogP contribution is -2.30. The molecule has 0 bridgehead atoms. The smallest absolute Gasteiger partial charge is 0.252 e. The van der Waals surface area contributed by atoms with Gasteiger partial charge in [-0.25, -0.2) is 0 Å². The quantitative estimate of drug-likeness (QED) is 0.886. The van der Waals surface area contributed by atoms with Crippen molar-refractivity contribution in [2.45, 2.75) is 39.2 Å². The zero-order valence-electron chi connectivity index (χ0n) is 12.4. The minimum atomic E-state index is -0.149. The molecule has 20 heavy (non-hydrogen) atoms. The van der Waals surface area contributed by atoms with Crippen LogP contribution < -0.4 is 10.6 Å². The molecule has 0 heterocycles. The third kappa shape index (κ3) is 3.66. The highest BCUT2D eigenvalue weighted by atomic mass is 35.5. The van der Waals surface area contributed by atoms with Crippen molar-refractivity contribution < 1.29 is 4.79 Å². The summed E-state index contributed by atoms with van der Waals surface area (Å²) in [7, 11) is 1.61. The van der Waals surface area contributed by atoms with E-state index in [2.05, 4.69) is 24.5 Å². The molecule has 3 nitrogen and oxygen atoms in total. The van der Waals surface area contributed by atoms with E-state index in [0.717, 1.165) is 17.5 Å². The van der Waals surface area contributed by atoms with Crippen LogP contribution in [0.1, 0.15) is 43.5 Å². The zero-order valence-corrected chi connectivity index (χ0v) is 13.1. The van der Waals surface area contributed by atoms with Crippen LogP contribution in [-0.4, -0.2) is 19.0 Å². The van der Waals surface area contributed by atoms with Gasteiger partial charge in [0.15, 0.2) is 0 Å². The molecule has 4 heteroatoms. The number of amides is 1. The normalized spacial score (nSPS) is 26.1. The van der Waals surface area contributed by atoms with Gasteiger partial charge >= 0.3 is 0 Å². The van der Waals surface area contributed by atoms with Crippen LogP contribution in [0.3, 0.4) is 0 Å². The van der Waals surface area contributed by atoms with Gasteiger partial charge in [0.05, 0.1) is 10.6 Å². The molecule has 2 rings (SSSR count). The van der Waals surface area contributed by atoms with Crippen LogP contribution in [-0.2, 0) is 0 Å². The molecule has 1 aromatic rings. The first-order valence-corrected chi connectivity index (χ1v) is 7.65. The highest BCUT2D eigenvalue weighted by Gasteiger charge is 2.24. The summed E-state index contributed by atoms with van der Waals surface area (Å²) < 4.78 is 0. The molecule has 1 aliphatic rings. The van der Waals surface area contributed by atoms with Crippen LogP contribution >= 0.6 is 11.6 Å². The first-order chi connectivity index (χ1) is 9.49. The van der Waals surface area contributed by atoms with Gasteiger partial charge in [-0.05, 0) is 49.3 Å².